The number of benzene rings is 2. The van der Waals surface area contributed by atoms with E-state index in [1.165, 1.54) is 24.3 Å². The number of carbonyl (C=O) groups is 1. The van der Waals surface area contributed by atoms with E-state index < -0.39 is 6.10 Å². The van der Waals surface area contributed by atoms with Crippen molar-refractivity contribution in [2.24, 2.45) is 5.92 Å². The van der Waals surface area contributed by atoms with Gasteiger partial charge in [-0.15, -0.1) is 0 Å². The molecule has 0 bridgehead atoms. The first kappa shape index (κ1) is 18.0. The summed E-state index contributed by atoms with van der Waals surface area (Å²) in [4.78, 5) is 12.5. The Balaban J connectivity index is 2.02. The van der Waals surface area contributed by atoms with Gasteiger partial charge in [-0.1, -0.05) is 44.2 Å². The fourth-order valence-corrected chi connectivity index (χ4v) is 2.49. The van der Waals surface area contributed by atoms with Gasteiger partial charge in [0.05, 0.1) is 6.04 Å². The van der Waals surface area contributed by atoms with Crippen LogP contribution in [0, 0.1) is 11.7 Å². The minimum Gasteiger partial charge on any atom is -0.481 e. The van der Waals surface area contributed by atoms with E-state index in [9.17, 15) is 9.18 Å². The zero-order valence-electron chi connectivity index (χ0n) is 14.3. The lowest BCUT2D eigenvalue weighted by molar-refractivity contribution is -0.128. The number of halogens is 1. The van der Waals surface area contributed by atoms with Gasteiger partial charge in [0, 0.05) is 0 Å². The second-order valence-corrected chi connectivity index (χ2v) is 6.32. The minimum atomic E-state index is -0.658. The van der Waals surface area contributed by atoms with Crippen LogP contribution in [0.4, 0.5) is 4.39 Å². The molecule has 2 aromatic carbocycles. The minimum absolute atomic E-state index is 0.0574. The molecule has 0 aliphatic rings. The highest BCUT2D eigenvalue weighted by molar-refractivity contribution is 5.81. The fourth-order valence-electron chi connectivity index (χ4n) is 2.49. The molecule has 0 unspecified atom stereocenters. The summed E-state index contributed by atoms with van der Waals surface area (Å²) >= 11 is 0. The average Bonchev–Trinajstić information content (AvgIpc) is 2.56. The number of amides is 1. The number of rotatable bonds is 7. The summed E-state index contributed by atoms with van der Waals surface area (Å²) in [5.41, 5.74) is 1.08. The van der Waals surface area contributed by atoms with Gasteiger partial charge in [-0.05, 0) is 49.1 Å². The Hall–Kier alpha value is -2.36. The molecule has 0 aliphatic carbocycles. The molecule has 2 rings (SSSR count). The lowest BCUT2D eigenvalue weighted by Crippen LogP contribution is -2.39. The number of nitrogens with one attached hydrogen (secondary N) is 1. The van der Waals surface area contributed by atoms with E-state index in [2.05, 4.69) is 19.2 Å². The summed E-state index contributed by atoms with van der Waals surface area (Å²) in [5, 5.41) is 3.06. The van der Waals surface area contributed by atoms with Gasteiger partial charge in [0.15, 0.2) is 6.10 Å². The van der Waals surface area contributed by atoms with Crippen molar-refractivity contribution in [1.82, 2.24) is 5.32 Å². The monoisotopic (exact) mass is 329 g/mol. The van der Waals surface area contributed by atoms with Crippen molar-refractivity contribution in [2.45, 2.75) is 39.3 Å². The maximum absolute atomic E-state index is 12.9. The van der Waals surface area contributed by atoms with E-state index >= 15 is 0 Å². The maximum atomic E-state index is 12.9. The quantitative estimate of drug-likeness (QED) is 0.812. The standard InChI is InChI=1S/C20H24FNO2/c1-14(2)13-19(16-7-5-4-6-8-16)22-20(23)15(3)24-18-11-9-17(21)10-12-18/h4-12,14-15,19H,13H2,1-3H3,(H,22,23)/t15-,19-/m1/s1. The van der Waals surface area contributed by atoms with Gasteiger partial charge in [-0.3, -0.25) is 4.79 Å². The van der Waals surface area contributed by atoms with E-state index in [-0.39, 0.29) is 17.8 Å². The highest BCUT2D eigenvalue weighted by Gasteiger charge is 2.21. The Morgan fingerprint density at radius 1 is 1.04 bits per heavy atom. The van der Waals surface area contributed by atoms with Crippen LogP contribution in [0.1, 0.15) is 38.8 Å². The third kappa shape index (κ3) is 5.37. The molecule has 0 fully saturated rings. The van der Waals surface area contributed by atoms with Crippen molar-refractivity contribution < 1.29 is 13.9 Å². The van der Waals surface area contributed by atoms with Gasteiger partial charge in [0.2, 0.25) is 0 Å². The van der Waals surface area contributed by atoms with E-state index in [1.807, 2.05) is 30.3 Å². The van der Waals surface area contributed by atoms with Crippen LogP contribution in [0.3, 0.4) is 0 Å². The molecule has 0 heterocycles. The van der Waals surface area contributed by atoms with Crippen molar-refractivity contribution in [3.05, 3.63) is 66.0 Å². The fraction of sp³-hybridized carbons (Fsp3) is 0.350. The lowest BCUT2D eigenvalue weighted by atomic mass is 9.97. The molecule has 1 N–H and O–H groups in total. The first-order chi connectivity index (χ1) is 11.5. The van der Waals surface area contributed by atoms with Crippen molar-refractivity contribution in [3.8, 4) is 5.75 Å². The summed E-state index contributed by atoms with van der Waals surface area (Å²) in [5.74, 6) is 0.400. The predicted molar refractivity (Wildman–Crippen MR) is 93.3 cm³/mol. The van der Waals surface area contributed by atoms with Gasteiger partial charge < -0.3 is 10.1 Å². The highest BCUT2D eigenvalue weighted by atomic mass is 19.1. The van der Waals surface area contributed by atoms with Crippen molar-refractivity contribution >= 4 is 5.91 Å². The zero-order chi connectivity index (χ0) is 17.5. The Labute approximate surface area is 142 Å². The molecule has 0 aliphatic heterocycles. The third-order valence-electron chi connectivity index (χ3n) is 3.72. The van der Waals surface area contributed by atoms with E-state index in [1.54, 1.807) is 6.92 Å². The topological polar surface area (TPSA) is 38.3 Å². The van der Waals surface area contributed by atoms with Crippen LogP contribution in [-0.2, 0) is 4.79 Å². The molecule has 3 nitrogen and oxygen atoms in total. The Bertz CT molecular complexity index is 640. The van der Waals surface area contributed by atoms with Crippen LogP contribution in [0.5, 0.6) is 5.75 Å². The normalized spacial score (nSPS) is 13.4. The van der Waals surface area contributed by atoms with Crippen LogP contribution < -0.4 is 10.1 Å². The van der Waals surface area contributed by atoms with Crippen LogP contribution in [0.25, 0.3) is 0 Å². The molecular formula is C20H24FNO2. The second kappa shape index (κ2) is 8.48. The van der Waals surface area contributed by atoms with Gasteiger partial charge in [0.1, 0.15) is 11.6 Å². The van der Waals surface area contributed by atoms with E-state index in [4.69, 9.17) is 4.74 Å². The molecule has 2 aromatic rings. The number of hydrogen-bond acceptors (Lipinski definition) is 2. The van der Waals surface area contributed by atoms with E-state index in [0.717, 1.165) is 12.0 Å². The molecular weight excluding hydrogens is 305 g/mol. The molecule has 4 heteroatoms. The van der Waals surface area contributed by atoms with Crippen molar-refractivity contribution in [1.29, 1.82) is 0 Å². The first-order valence-electron chi connectivity index (χ1n) is 8.23. The molecule has 0 saturated carbocycles. The summed E-state index contributed by atoms with van der Waals surface area (Å²) in [7, 11) is 0. The number of ether oxygens (including phenoxy) is 1. The molecule has 24 heavy (non-hydrogen) atoms. The highest BCUT2D eigenvalue weighted by Crippen LogP contribution is 2.21. The molecule has 0 saturated heterocycles. The van der Waals surface area contributed by atoms with Gasteiger partial charge >= 0.3 is 0 Å². The van der Waals surface area contributed by atoms with E-state index in [0.29, 0.717) is 11.7 Å². The average molecular weight is 329 g/mol. The molecule has 128 valence electrons. The van der Waals surface area contributed by atoms with Crippen molar-refractivity contribution in [3.63, 3.8) is 0 Å². The van der Waals surface area contributed by atoms with Crippen molar-refractivity contribution in [2.75, 3.05) is 0 Å². The Morgan fingerprint density at radius 3 is 2.25 bits per heavy atom. The molecule has 2 atom stereocenters. The first-order valence-corrected chi connectivity index (χ1v) is 8.23. The SMILES string of the molecule is CC(C)C[C@@H](NC(=O)[C@@H](C)Oc1ccc(F)cc1)c1ccccc1. The number of hydrogen-bond donors (Lipinski definition) is 1. The van der Waals surface area contributed by atoms with Crippen LogP contribution in [-0.4, -0.2) is 12.0 Å². The van der Waals surface area contributed by atoms with Gasteiger partial charge in [-0.25, -0.2) is 4.39 Å². The van der Waals surface area contributed by atoms with Gasteiger partial charge in [0.25, 0.3) is 5.91 Å². The molecule has 0 radical (unpaired) electrons. The zero-order valence-corrected chi connectivity index (χ0v) is 14.3. The maximum Gasteiger partial charge on any atom is 0.261 e. The Kier molecular flexibility index (Phi) is 6.36. The smallest absolute Gasteiger partial charge is 0.261 e. The lowest BCUT2D eigenvalue weighted by Gasteiger charge is -2.23. The molecule has 0 aromatic heterocycles. The largest absolute Gasteiger partial charge is 0.481 e. The number of carbonyl (C=O) groups excluding carboxylic acids is 1. The summed E-state index contributed by atoms with van der Waals surface area (Å²) in [6.07, 6.45) is 0.188. The second-order valence-electron chi connectivity index (χ2n) is 6.32. The molecule has 0 spiro atoms. The molecule has 1 amide bonds. The van der Waals surface area contributed by atoms with Gasteiger partial charge in [-0.2, -0.15) is 0 Å². The predicted octanol–water partition coefficient (Wildman–Crippen LogP) is 4.50. The summed E-state index contributed by atoms with van der Waals surface area (Å²) in [6.45, 7) is 5.94. The Morgan fingerprint density at radius 2 is 1.67 bits per heavy atom. The summed E-state index contributed by atoms with van der Waals surface area (Å²) < 4.78 is 18.5. The third-order valence-corrected chi connectivity index (χ3v) is 3.72. The van der Waals surface area contributed by atoms with Crippen LogP contribution >= 0.6 is 0 Å². The van der Waals surface area contributed by atoms with Crippen LogP contribution in [0.2, 0.25) is 0 Å². The summed E-state index contributed by atoms with van der Waals surface area (Å²) in [6, 6.07) is 15.5. The van der Waals surface area contributed by atoms with Crippen LogP contribution in [0.15, 0.2) is 54.6 Å².